The minimum absolute atomic E-state index is 0.0868. The van der Waals surface area contributed by atoms with Crippen molar-refractivity contribution >= 4 is 0 Å². The van der Waals surface area contributed by atoms with E-state index >= 15 is 0 Å². The molecule has 4 heteroatoms. The van der Waals surface area contributed by atoms with E-state index in [2.05, 4.69) is 17.1 Å². The fourth-order valence-electron chi connectivity index (χ4n) is 3.55. The molecule has 1 aliphatic carbocycles. The van der Waals surface area contributed by atoms with Gasteiger partial charge in [0.15, 0.2) is 0 Å². The predicted octanol–water partition coefficient (Wildman–Crippen LogP) is 2.69. The van der Waals surface area contributed by atoms with Gasteiger partial charge in [0.25, 0.3) is 0 Å². The predicted molar refractivity (Wildman–Crippen MR) is 81.6 cm³/mol. The second-order valence-electron chi connectivity index (χ2n) is 6.08. The van der Waals surface area contributed by atoms with E-state index in [1.165, 1.54) is 12.8 Å². The molecule has 2 unspecified atom stereocenters. The molecule has 1 N–H and O–H groups in total. The summed E-state index contributed by atoms with van der Waals surface area (Å²) in [6.45, 7) is 6.21. The van der Waals surface area contributed by atoms with Crippen LogP contribution in [-0.2, 0) is 17.8 Å². The molecule has 1 heterocycles. The Bertz CT molecular complexity index is 480. The number of nitrogens with zero attached hydrogens (tertiary/aromatic N) is 1. The maximum atomic E-state index is 14.1. The fourth-order valence-corrected chi connectivity index (χ4v) is 3.55. The molecule has 0 amide bonds. The van der Waals surface area contributed by atoms with E-state index in [4.69, 9.17) is 4.74 Å². The lowest BCUT2D eigenvalue weighted by atomic mass is 10.1. The second-order valence-corrected chi connectivity index (χ2v) is 6.08. The van der Waals surface area contributed by atoms with Crippen molar-refractivity contribution < 1.29 is 9.13 Å². The third kappa shape index (κ3) is 3.44. The summed E-state index contributed by atoms with van der Waals surface area (Å²) < 4.78 is 19.9. The van der Waals surface area contributed by atoms with Crippen molar-refractivity contribution in [1.29, 1.82) is 0 Å². The van der Waals surface area contributed by atoms with E-state index < -0.39 is 0 Å². The number of benzene rings is 1. The Morgan fingerprint density at radius 1 is 1.38 bits per heavy atom. The van der Waals surface area contributed by atoms with E-state index in [0.717, 1.165) is 43.8 Å². The van der Waals surface area contributed by atoms with Gasteiger partial charge in [0.05, 0.1) is 12.7 Å². The third-order valence-corrected chi connectivity index (χ3v) is 4.66. The molecule has 116 valence electrons. The van der Waals surface area contributed by atoms with Crippen LogP contribution in [0.1, 0.15) is 37.3 Å². The minimum Gasteiger partial charge on any atom is -0.375 e. The molecular formula is C17H25FN2O. The summed E-state index contributed by atoms with van der Waals surface area (Å²) in [7, 11) is 0. The van der Waals surface area contributed by atoms with Gasteiger partial charge in [-0.3, -0.25) is 4.90 Å². The van der Waals surface area contributed by atoms with Crippen LogP contribution in [-0.4, -0.2) is 36.7 Å². The van der Waals surface area contributed by atoms with Crippen molar-refractivity contribution in [2.24, 2.45) is 0 Å². The number of rotatable bonds is 5. The molecule has 1 saturated heterocycles. The number of ether oxygens (including phenoxy) is 1. The molecule has 3 rings (SSSR count). The van der Waals surface area contributed by atoms with Crippen molar-refractivity contribution in [1.82, 2.24) is 10.2 Å². The number of fused-ring (bicyclic) bond motifs is 1. The quantitative estimate of drug-likeness (QED) is 0.903. The summed E-state index contributed by atoms with van der Waals surface area (Å²) >= 11 is 0. The highest BCUT2D eigenvalue weighted by molar-refractivity contribution is 5.25. The standard InChI is InChI=1S/C17H25FN2O/c1-2-19-11-13-6-7-15(18)14(10-13)12-20-8-9-21-17-5-3-4-16(17)20/h6-7,10,16-17,19H,2-5,8-9,11-12H2,1H3. The fraction of sp³-hybridized carbons (Fsp3) is 0.647. The lowest BCUT2D eigenvalue weighted by Gasteiger charge is -2.37. The summed E-state index contributed by atoms with van der Waals surface area (Å²) in [5, 5.41) is 3.30. The van der Waals surface area contributed by atoms with Crippen molar-refractivity contribution in [3.63, 3.8) is 0 Å². The Balaban J connectivity index is 1.71. The van der Waals surface area contributed by atoms with Crippen LogP contribution in [0, 0.1) is 5.82 Å². The van der Waals surface area contributed by atoms with Crippen LogP contribution in [0.5, 0.6) is 0 Å². The minimum atomic E-state index is -0.0868. The average molecular weight is 292 g/mol. The zero-order valence-electron chi connectivity index (χ0n) is 12.8. The van der Waals surface area contributed by atoms with Crippen LogP contribution in [0.2, 0.25) is 0 Å². The van der Waals surface area contributed by atoms with Gasteiger partial charge in [-0.2, -0.15) is 0 Å². The van der Waals surface area contributed by atoms with Crippen LogP contribution in [0.3, 0.4) is 0 Å². The van der Waals surface area contributed by atoms with Gasteiger partial charge in [0.2, 0.25) is 0 Å². The molecule has 1 aliphatic heterocycles. The lowest BCUT2D eigenvalue weighted by molar-refractivity contribution is -0.0591. The summed E-state index contributed by atoms with van der Waals surface area (Å²) in [6.07, 6.45) is 3.94. The Morgan fingerprint density at radius 3 is 3.14 bits per heavy atom. The Labute approximate surface area is 126 Å². The number of morpholine rings is 1. The molecule has 0 radical (unpaired) electrons. The highest BCUT2D eigenvalue weighted by Crippen LogP contribution is 2.31. The molecular weight excluding hydrogens is 267 g/mol. The van der Waals surface area contributed by atoms with Crippen LogP contribution < -0.4 is 5.32 Å². The summed E-state index contributed by atoms with van der Waals surface area (Å²) in [6, 6.07) is 5.97. The first-order valence-electron chi connectivity index (χ1n) is 8.11. The average Bonchev–Trinajstić information content (AvgIpc) is 2.97. The normalized spacial score (nSPS) is 26.0. The third-order valence-electron chi connectivity index (χ3n) is 4.66. The monoisotopic (exact) mass is 292 g/mol. The molecule has 2 aliphatic rings. The largest absolute Gasteiger partial charge is 0.375 e. The Hall–Kier alpha value is -0.970. The number of hydrogen-bond acceptors (Lipinski definition) is 3. The topological polar surface area (TPSA) is 24.5 Å². The van der Waals surface area contributed by atoms with Crippen molar-refractivity contribution in [2.75, 3.05) is 19.7 Å². The van der Waals surface area contributed by atoms with Gasteiger partial charge in [-0.15, -0.1) is 0 Å². The summed E-state index contributed by atoms with van der Waals surface area (Å²) in [4.78, 5) is 2.41. The SMILES string of the molecule is CCNCc1ccc(F)c(CN2CCOC3CCCC32)c1. The highest BCUT2D eigenvalue weighted by atomic mass is 19.1. The van der Waals surface area contributed by atoms with Crippen LogP contribution in [0.4, 0.5) is 4.39 Å². The van der Waals surface area contributed by atoms with Gasteiger partial charge >= 0.3 is 0 Å². The molecule has 0 bridgehead atoms. The lowest BCUT2D eigenvalue weighted by Crippen LogP contribution is -2.47. The Morgan fingerprint density at radius 2 is 2.29 bits per heavy atom. The van der Waals surface area contributed by atoms with Crippen LogP contribution in [0.15, 0.2) is 18.2 Å². The van der Waals surface area contributed by atoms with E-state index in [1.807, 2.05) is 12.1 Å². The van der Waals surface area contributed by atoms with Crippen molar-refractivity contribution in [3.05, 3.63) is 35.1 Å². The van der Waals surface area contributed by atoms with Crippen molar-refractivity contribution in [3.8, 4) is 0 Å². The van der Waals surface area contributed by atoms with Gasteiger partial charge in [-0.1, -0.05) is 19.1 Å². The first-order valence-corrected chi connectivity index (χ1v) is 8.11. The van der Waals surface area contributed by atoms with Gasteiger partial charge < -0.3 is 10.1 Å². The molecule has 1 aromatic carbocycles. The van der Waals surface area contributed by atoms with Crippen molar-refractivity contribution in [2.45, 2.75) is 51.4 Å². The van der Waals surface area contributed by atoms with Gasteiger partial charge in [0.1, 0.15) is 5.82 Å². The maximum absolute atomic E-state index is 14.1. The first-order chi connectivity index (χ1) is 10.3. The first kappa shape index (κ1) is 14.9. The van der Waals surface area contributed by atoms with E-state index in [-0.39, 0.29) is 5.82 Å². The van der Waals surface area contributed by atoms with E-state index in [1.54, 1.807) is 6.07 Å². The van der Waals surface area contributed by atoms with Gasteiger partial charge in [-0.05, 0) is 37.4 Å². The highest BCUT2D eigenvalue weighted by Gasteiger charge is 2.36. The zero-order chi connectivity index (χ0) is 14.7. The second kappa shape index (κ2) is 6.86. The molecule has 0 spiro atoms. The molecule has 2 fully saturated rings. The number of nitrogens with one attached hydrogen (secondary N) is 1. The maximum Gasteiger partial charge on any atom is 0.127 e. The molecule has 1 aromatic rings. The van der Waals surface area contributed by atoms with Crippen LogP contribution in [0.25, 0.3) is 0 Å². The molecule has 1 saturated carbocycles. The van der Waals surface area contributed by atoms with Crippen LogP contribution >= 0.6 is 0 Å². The molecule has 2 atom stereocenters. The summed E-state index contributed by atoms with van der Waals surface area (Å²) in [5.41, 5.74) is 1.97. The van der Waals surface area contributed by atoms with Gasteiger partial charge in [0, 0.05) is 31.2 Å². The van der Waals surface area contributed by atoms with E-state index in [9.17, 15) is 4.39 Å². The smallest absolute Gasteiger partial charge is 0.127 e. The summed E-state index contributed by atoms with van der Waals surface area (Å²) in [5.74, 6) is -0.0868. The molecule has 0 aromatic heterocycles. The van der Waals surface area contributed by atoms with E-state index in [0.29, 0.717) is 18.7 Å². The number of halogens is 1. The molecule has 3 nitrogen and oxygen atoms in total. The number of hydrogen-bond donors (Lipinski definition) is 1. The van der Waals surface area contributed by atoms with Gasteiger partial charge in [-0.25, -0.2) is 4.39 Å². The molecule has 21 heavy (non-hydrogen) atoms. The zero-order valence-corrected chi connectivity index (χ0v) is 12.8. The Kier molecular flexibility index (Phi) is 4.88.